The van der Waals surface area contributed by atoms with E-state index in [1.807, 2.05) is 67.6 Å². The normalized spacial score (nSPS) is 10.2. The summed E-state index contributed by atoms with van der Waals surface area (Å²) in [5, 5.41) is 5.96. The standard InChI is InChI=1S/C22H22N4O2/c1-3-26(20-10-5-4-6-11-20)22(28)21-13-12-19(15-23-21)25-18-9-7-8-17(14-18)24-16(2)27/h4-15,25H,3H2,1-2H3,(H,24,27). The number of amides is 2. The molecule has 2 N–H and O–H groups in total. The lowest BCUT2D eigenvalue weighted by atomic mass is 10.2. The first kappa shape index (κ1) is 19.1. The molecule has 0 aliphatic heterocycles. The molecule has 2 aromatic carbocycles. The summed E-state index contributed by atoms with van der Waals surface area (Å²) in [6.07, 6.45) is 1.62. The molecule has 1 heterocycles. The zero-order chi connectivity index (χ0) is 19.9. The quantitative estimate of drug-likeness (QED) is 0.668. The minimum Gasteiger partial charge on any atom is -0.354 e. The number of para-hydroxylation sites is 1. The number of pyridine rings is 1. The van der Waals surface area contributed by atoms with Gasteiger partial charge in [0.15, 0.2) is 0 Å². The molecule has 0 radical (unpaired) electrons. The molecule has 0 fully saturated rings. The Morgan fingerprint density at radius 3 is 2.32 bits per heavy atom. The number of carbonyl (C=O) groups excluding carboxylic acids is 2. The van der Waals surface area contributed by atoms with Crippen LogP contribution in [-0.4, -0.2) is 23.3 Å². The molecular weight excluding hydrogens is 352 g/mol. The van der Waals surface area contributed by atoms with Gasteiger partial charge in [0.25, 0.3) is 5.91 Å². The molecule has 2 amide bonds. The number of hydrogen-bond donors (Lipinski definition) is 2. The van der Waals surface area contributed by atoms with Gasteiger partial charge in [-0.05, 0) is 49.4 Å². The van der Waals surface area contributed by atoms with Crippen molar-refractivity contribution >= 4 is 34.6 Å². The van der Waals surface area contributed by atoms with E-state index in [1.165, 1.54) is 6.92 Å². The van der Waals surface area contributed by atoms with Gasteiger partial charge in [-0.3, -0.25) is 9.59 Å². The van der Waals surface area contributed by atoms with Crippen LogP contribution in [-0.2, 0) is 4.79 Å². The van der Waals surface area contributed by atoms with Gasteiger partial charge in [-0.15, -0.1) is 0 Å². The van der Waals surface area contributed by atoms with Crippen LogP contribution in [0.3, 0.4) is 0 Å². The van der Waals surface area contributed by atoms with E-state index in [2.05, 4.69) is 15.6 Å². The van der Waals surface area contributed by atoms with E-state index in [-0.39, 0.29) is 11.8 Å². The van der Waals surface area contributed by atoms with Gasteiger partial charge in [0.2, 0.25) is 5.91 Å². The van der Waals surface area contributed by atoms with Crippen molar-refractivity contribution in [3.8, 4) is 0 Å². The van der Waals surface area contributed by atoms with Crippen LogP contribution in [0.5, 0.6) is 0 Å². The minimum atomic E-state index is -0.145. The van der Waals surface area contributed by atoms with Gasteiger partial charge in [0, 0.05) is 30.5 Å². The van der Waals surface area contributed by atoms with E-state index in [1.54, 1.807) is 17.2 Å². The molecule has 0 aliphatic carbocycles. The summed E-state index contributed by atoms with van der Waals surface area (Å²) in [6, 6.07) is 20.4. The fourth-order valence-electron chi connectivity index (χ4n) is 2.83. The monoisotopic (exact) mass is 374 g/mol. The molecule has 6 nitrogen and oxygen atoms in total. The van der Waals surface area contributed by atoms with Gasteiger partial charge < -0.3 is 15.5 Å². The Morgan fingerprint density at radius 2 is 1.68 bits per heavy atom. The van der Waals surface area contributed by atoms with Crippen LogP contribution in [0.25, 0.3) is 0 Å². The lowest BCUT2D eigenvalue weighted by molar-refractivity contribution is -0.114. The van der Waals surface area contributed by atoms with Crippen molar-refractivity contribution < 1.29 is 9.59 Å². The number of aromatic nitrogens is 1. The average Bonchev–Trinajstić information content (AvgIpc) is 2.70. The molecule has 0 saturated carbocycles. The molecule has 3 rings (SSSR count). The Hall–Kier alpha value is -3.67. The van der Waals surface area contributed by atoms with E-state index in [4.69, 9.17) is 0 Å². The van der Waals surface area contributed by atoms with Gasteiger partial charge in [0.05, 0.1) is 11.9 Å². The zero-order valence-electron chi connectivity index (χ0n) is 15.8. The second-order valence-electron chi connectivity index (χ2n) is 6.20. The van der Waals surface area contributed by atoms with Gasteiger partial charge in [0.1, 0.15) is 5.69 Å². The smallest absolute Gasteiger partial charge is 0.276 e. The van der Waals surface area contributed by atoms with Gasteiger partial charge >= 0.3 is 0 Å². The molecule has 0 bridgehead atoms. The molecule has 0 spiro atoms. The molecule has 0 saturated heterocycles. The van der Waals surface area contributed by atoms with Crippen LogP contribution >= 0.6 is 0 Å². The number of hydrogen-bond acceptors (Lipinski definition) is 4. The zero-order valence-corrected chi connectivity index (χ0v) is 15.8. The van der Waals surface area contributed by atoms with Crippen molar-refractivity contribution in [1.29, 1.82) is 0 Å². The maximum absolute atomic E-state index is 12.8. The Kier molecular flexibility index (Phi) is 6.01. The lowest BCUT2D eigenvalue weighted by Gasteiger charge is -2.20. The third kappa shape index (κ3) is 4.73. The number of nitrogens with one attached hydrogen (secondary N) is 2. The molecule has 28 heavy (non-hydrogen) atoms. The van der Waals surface area contributed by atoms with Crippen LogP contribution in [0, 0.1) is 0 Å². The SMILES string of the molecule is CCN(C(=O)c1ccc(Nc2cccc(NC(C)=O)c2)cn1)c1ccccc1. The Labute approximate surface area is 164 Å². The van der Waals surface area contributed by atoms with Crippen LogP contribution in [0.2, 0.25) is 0 Å². The van der Waals surface area contributed by atoms with Crippen LogP contribution in [0.1, 0.15) is 24.3 Å². The van der Waals surface area contributed by atoms with Crippen molar-refractivity contribution in [3.63, 3.8) is 0 Å². The van der Waals surface area contributed by atoms with Crippen molar-refractivity contribution in [1.82, 2.24) is 4.98 Å². The van der Waals surface area contributed by atoms with Crippen LogP contribution in [0.4, 0.5) is 22.7 Å². The summed E-state index contributed by atoms with van der Waals surface area (Å²) >= 11 is 0. The second kappa shape index (κ2) is 8.81. The Balaban J connectivity index is 1.73. The lowest BCUT2D eigenvalue weighted by Crippen LogP contribution is -2.31. The summed E-state index contributed by atoms with van der Waals surface area (Å²) < 4.78 is 0. The summed E-state index contributed by atoms with van der Waals surface area (Å²) in [4.78, 5) is 30.0. The fraction of sp³-hybridized carbons (Fsp3) is 0.136. The highest BCUT2D eigenvalue weighted by Crippen LogP contribution is 2.21. The molecule has 142 valence electrons. The summed E-state index contributed by atoms with van der Waals surface area (Å²) in [5.41, 5.74) is 3.49. The van der Waals surface area contributed by atoms with Gasteiger partial charge in [-0.1, -0.05) is 24.3 Å². The highest BCUT2D eigenvalue weighted by Gasteiger charge is 2.17. The third-order valence-electron chi connectivity index (χ3n) is 4.08. The Bertz CT molecular complexity index is 956. The first-order valence-electron chi connectivity index (χ1n) is 9.04. The highest BCUT2D eigenvalue weighted by atomic mass is 16.2. The van der Waals surface area contributed by atoms with Crippen LogP contribution < -0.4 is 15.5 Å². The maximum atomic E-state index is 12.8. The number of anilines is 4. The van der Waals surface area contributed by atoms with E-state index in [0.717, 1.165) is 17.1 Å². The predicted molar refractivity (Wildman–Crippen MR) is 112 cm³/mol. The molecule has 1 aromatic heterocycles. The van der Waals surface area contributed by atoms with E-state index < -0.39 is 0 Å². The van der Waals surface area contributed by atoms with E-state index in [0.29, 0.717) is 17.9 Å². The molecular formula is C22H22N4O2. The first-order valence-corrected chi connectivity index (χ1v) is 9.04. The largest absolute Gasteiger partial charge is 0.354 e. The molecule has 3 aromatic rings. The highest BCUT2D eigenvalue weighted by molar-refractivity contribution is 6.04. The number of carbonyl (C=O) groups is 2. The van der Waals surface area contributed by atoms with Crippen molar-refractivity contribution in [3.05, 3.63) is 78.6 Å². The van der Waals surface area contributed by atoms with Crippen molar-refractivity contribution in [2.45, 2.75) is 13.8 Å². The van der Waals surface area contributed by atoms with E-state index in [9.17, 15) is 9.59 Å². The number of rotatable bonds is 6. The second-order valence-corrected chi connectivity index (χ2v) is 6.20. The topological polar surface area (TPSA) is 74.3 Å². The molecule has 0 aliphatic rings. The van der Waals surface area contributed by atoms with Crippen molar-refractivity contribution in [2.24, 2.45) is 0 Å². The Morgan fingerprint density at radius 1 is 0.929 bits per heavy atom. The number of nitrogens with zero attached hydrogens (tertiary/aromatic N) is 2. The van der Waals surface area contributed by atoms with Crippen molar-refractivity contribution in [2.75, 3.05) is 22.1 Å². The average molecular weight is 374 g/mol. The summed E-state index contributed by atoms with van der Waals surface area (Å²) in [5.74, 6) is -0.270. The van der Waals surface area contributed by atoms with Gasteiger partial charge in [-0.2, -0.15) is 0 Å². The third-order valence-corrected chi connectivity index (χ3v) is 4.08. The maximum Gasteiger partial charge on any atom is 0.276 e. The van der Waals surface area contributed by atoms with Crippen LogP contribution in [0.15, 0.2) is 72.9 Å². The van der Waals surface area contributed by atoms with Gasteiger partial charge in [-0.25, -0.2) is 4.98 Å². The first-order chi connectivity index (χ1) is 13.6. The summed E-state index contributed by atoms with van der Waals surface area (Å²) in [7, 11) is 0. The van der Waals surface area contributed by atoms with E-state index >= 15 is 0 Å². The predicted octanol–water partition coefficient (Wildman–Crippen LogP) is 4.45. The fourth-order valence-corrected chi connectivity index (χ4v) is 2.83. The number of benzene rings is 2. The molecule has 6 heteroatoms. The molecule has 0 atom stereocenters. The minimum absolute atomic E-state index is 0.124. The summed E-state index contributed by atoms with van der Waals surface area (Å²) in [6.45, 7) is 3.96. The molecule has 0 unspecified atom stereocenters.